The minimum Gasteiger partial charge on any atom is -0.489 e. The molecule has 0 aliphatic carbocycles. The second-order valence-corrected chi connectivity index (χ2v) is 4.81. The van der Waals surface area contributed by atoms with Crippen molar-refractivity contribution in [2.24, 2.45) is 0 Å². The van der Waals surface area contributed by atoms with Gasteiger partial charge in [0, 0.05) is 6.54 Å². The van der Waals surface area contributed by atoms with Crippen molar-refractivity contribution in [1.29, 1.82) is 0 Å². The van der Waals surface area contributed by atoms with Crippen molar-refractivity contribution in [3.05, 3.63) is 29.0 Å². The summed E-state index contributed by atoms with van der Waals surface area (Å²) in [4.78, 5) is 0. The summed E-state index contributed by atoms with van der Waals surface area (Å²) in [5.74, 6) is 0.136. The first kappa shape index (κ1) is 13.6. The van der Waals surface area contributed by atoms with Crippen molar-refractivity contribution in [1.82, 2.24) is 5.32 Å². The van der Waals surface area contributed by atoms with E-state index in [1.165, 1.54) is 18.2 Å². The molecular formula is C13H17ClFNO2. The van der Waals surface area contributed by atoms with Gasteiger partial charge in [0.05, 0.1) is 17.2 Å². The lowest BCUT2D eigenvalue weighted by atomic mass is 10.2. The summed E-state index contributed by atoms with van der Waals surface area (Å²) in [7, 11) is 1.91. The van der Waals surface area contributed by atoms with Gasteiger partial charge in [-0.1, -0.05) is 11.6 Å². The van der Waals surface area contributed by atoms with Gasteiger partial charge in [0.25, 0.3) is 0 Å². The SMILES string of the molecule is CNCC1CCC(COc2ccc(F)cc2Cl)O1. The number of hydrogen-bond acceptors (Lipinski definition) is 3. The monoisotopic (exact) mass is 273 g/mol. The maximum absolute atomic E-state index is 12.9. The lowest BCUT2D eigenvalue weighted by Crippen LogP contribution is -2.25. The Balaban J connectivity index is 1.81. The first-order chi connectivity index (χ1) is 8.69. The van der Waals surface area contributed by atoms with E-state index < -0.39 is 0 Å². The third-order valence-electron chi connectivity index (χ3n) is 2.95. The first-order valence-electron chi connectivity index (χ1n) is 6.07. The van der Waals surface area contributed by atoms with Crippen LogP contribution in [0, 0.1) is 5.82 Å². The maximum Gasteiger partial charge on any atom is 0.138 e. The Hall–Kier alpha value is -0.840. The molecule has 1 heterocycles. The van der Waals surface area contributed by atoms with Crippen molar-refractivity contribution in [2.45, 2.75) is 25.0 Å². The van der Waals surface area contributed by atoms with Gasteiger partial charge in [-0.15, -0.1) is 0 Å². The molecule has 0 saturated carbocycles. The van der Waals surface area contributed by atoms with E-state index in [-0.39, 0.29) is 18.0 Å². The lowest BCUT2D eigenvalue weighted by molar-refractivity contribution is 0.0194. The van der Waals surface area contributed by atoms with Crippen LogP contribution in [0.15, 0.2) is 18.2 Å². The van der Waals surface area contributed by atoms with Crippen LogP contribution < -0.4 is 10.1 Å². The minimum absolute atomic E-state index is 0.0875. The standard InChI is InChI=1S/C13H17ClFNO2/c1-16-7-10-3-4-11(18-10)8-17-13-5-2-9(15)6-12(13)14/h2,5-6,10-11,16H,3-4,7-8H2,1H3. The van der Waals surface area contributed by atoms with Gasteiger partial charge in [0.15, 0.2) is 0 Å². The number of benzene rings is 1. The number of likely N-dealkylation sites (N-methyl/N-ethyl adjacent to an activating group) is 1. The predicted molar refractivity (Wildman–Crippen MR) is 68.7 cm³/mol. The summed E-state index contributed by atoms with van der Waals surface area (Å²) in [5, 5.41) is 3.38. The average molecular weight is 274 g/mol. The van der Waals surface area contributed by atoms with Gasteiger partial charge >= 0.3 is 0 Å². The van der Waals surface area contributed by atoms with E-state index in [4.69, 9.17) is 21.1 Å². The van der Waals surface area contributed by atoms with Crippen LogP contribution in [0.3, 0.4) is 0 Å². The Labute approximate surface area is 111 Å². The van der Waals surface area contributed by atoms with Gasteiger partial charge in [-0.2, -0.15) is 0 Å². The van der Waals surface area contributed by atoms with Gasteiger partial charge < -0.3 is 14.8 Å². The van der Waals surface area contributed by atoms with Crippen LogP contribution in [0.25, 0.3) is 0 Å². The molecule has 0 spiro atoms. The maximum atomic E-state index is 12.9. The second kappa shape index (κ2) is 6.36. The molecule has 1 N–H and O–H groups in total. The summed E-state index contributed by atoms with van der Waals surface area (Å²) in [5.41, 5.74) is 0. The molecule has 0 amide bonds. The Morgan fingerprint density at radius 2 is 2.22 bits per heavy atom. The van der Waals surface area contributed by atoms with E-state index in [0.29, 0.717) is 17.4 Å². The van der Waals surface area contributed by atoms with Gasteiger partial charge in [-0.05, 0) is 38.1 Å². The molecule has 0 aromatic heterocycles. The summed E-state index contributed by atoms with van der Waals surface area (Å²) in [6, 6.07) is 4.12. The fraction of sp³-hybridized carbons (Fsp3) is 0.538. The van der Waals surface area contributed by atoms with E-state index in [1.54, 1.807) is 0 Å². The largest absolute Gasteiger partial charge is 0.489 e. The molecule has 0 bridgehead atoms. The molecule has 100 valence electrons. The summed E-state index contributed by atoms with van der Waals surface area (Å²) < 4.78 is 24.2. The Kier molecular flexibility index (Phi) is 4.80. The van der Waals surface area contributed by atoms with Crippen molar-refractivity contribution >= 4 is 11.6 Å². The lowest BCUT2D eigenvalue weighted by Gasteiger charge is -2.15. The fourth-order valence-electron chi connectivity index (χ4n) is 2.06. The number of ether oxygens (including phenoxy) is 2. The predicted octanol–water partition coefficient (Wildman–Crippen LogP) is 2.62. The highest BCUT2D eigenvalue weighted by Gasteiger charge is 2.25. The van der Waals surface area contributed by atoms with Crippen molar-refractivity contribution in [2.75, 3.05) is 20.2 Å². The zero-order valence-corrected chi connectivity index (χ0v) is 11.0. The molecule has 1 saturated heterocycles. The fourth-order valence-corrected chi connectivity index (χ4v) is 2.28. The molecule has 1 aromatic rings. The van der Waals surface area contributed by atoms with E-state index in [1.807, 2.05) is 7.05 Å². The van der Waals surface area contributed by atoms with Gasteiger partial charge in [0.2, 0.25) is 0 Å². The Morgan fingerprint density at radius 3 is 2.94 bits per heavy atom. The number of halogens is 2. The van der Waals surface area contributed by atoms with Crippen LogP contribution in [0.2, 0.25) is 5.02 Å². The van der Waals surface area contributed by atoms with E-state index in [0.717, 1.165) is 19.4 Å². The highest BCUT2D eigenvalue weighted by Crippen LogP contribution is 2.26. The number of hydrogen-bond donors (Lipinski definition) is 1. The first-order valence-corrected chi connectivity index (χ1v) is 6.44. The van der Waals surface area contributed by atoms with E-state index >= 15 is 0 Å². The van der Waals surface area contributed by atoms with Crippen molar-refractivity contribution in [3.8, 4) is 5.75 Å². The molecule has 18 heavy (non-hydrogen) atoms. The smallest absolute Gasteiger partial charge is 0.138 e. The molecule has 1 aromatic carbocycles. The molecule has 5 heteroatoms. The van der Waals surface area contributed by atoms with E-state index in [9.17, 15) is 4.39 Å². The zero-order chi connectivity index (χ0) is 13.0. The molecule has 1 aliphatic rings. The van der Waals surface area contributed by atoms with Crippen molar-refractivity contribution < 1.29 is 13.9 Å². The van der Waals surface area contributed by atoms with Crippen LogP contribution in [-0.2, 0) is 4.74 Å². The normalized spacial score (nSPS) is 23.3. The third kappa shape index (κ3) is 3.57. The number of nitrogens with one attached hydrogen (secondary N) is 1. The molecule has 3 nitrogen and oxygen atoms in total. The molecule has 2 unspecified atom stereocenters. The molecule has 0 radical (unpaired) electrons. The van der Waals surface area contributed by atoms with Crippen LogP contribution in [0.5, 0.6) is 5.75 Å². The highest BCUT2D eigenvalue weighted by atomic mass is 35.5. The summed E-state index contributed by atoms with van der Waals surface area (Å²) in [6.07, 6.45) is 2.36. The Morgan fingerprint density at radius 1 is 1.44 bits per heavy atom. The zero-order valence-electron chi connectivity index (χ0n) is 10.3. The summed E-state index contributed by atoms with van der Waals surface area (Å²) >= 11 is 5.88. The van der Waals surface area contributed by atoms with Crippen LogP contribution in [0.1, 0.15) is 12.8 Å². The Bertz CT molecular complexity index is 403. The van der Waals surface area contributed by atoms with Crippen LogP contribution in [0.4, 0.5) is 4.39 Å². The molecule has 1 fully saturated rings. The highest BCUT2D eigenvalue weighted by molar-refractivity contribution is 6.32. The van der Waals surface area contributed by atoms with Gasteiger partial charge in [-0.3, -0.25) is 0 Å². The van der Waals surface area contributed by atoms with Crippen LogP contribution >= 0.6 is 11.6 Å². The topological polar surface area (TPSA) is 30.5 Å². The quantitative estimate of drug-likeness (QED) is 0.895. The molecule has 2 atom stereocenters. The average Bonchev–Trinajstić information content (AvgIpc) is 2.76. The summed E-state index contributed by atoms with van der Waals surface area (Å²) in [6.45, 7) is 1.30. The van der Waals surface area contributed by atoms with Crippen LogP contribution in [-0.4, -0.2) is 32.4 Å². The molecule has 1 aliphatic heterocycles. The molecule has 2 rings (SSSR count). The van der Waals surface area contributed by atoms with E-state index in [2.05, 4.69) is 5.32 Å². The third-order valence-corrected chi connectivity index (χ3v) is 3.24. The number of rotatable bonds is 5. The minimum atomic E-state index is -0.362. The second-order valence-electron chi connectivity index (χ2n) is 4.40. The van der Waals surface area contributed by atoms with Crippen molar-refractivity contribution in [3.63, 3.8) is 0 Å². The van der Waals surface area contributed by atoms with Gasteiger partial charge in [-0.25, -0.2) is 4.39 Å². The molecular weight excluding hydrogens is 257 g/mol. The van der Waals surface area contributed by atoms with Gasteiger partial charge in [0.1, 0.15) is 18.2 Å².